The molecule has 1 aliphatic rings. The zero-order valence-corrected chi connectivity index (χ0v) is 5.80. The highest BCUT2D eigenvalue weighted by Crippen LogP contribution is 2.12. The number of nitrogens with zero attached hydrogens (tertiary/aromatic N) is 6. The van der Waals surface area contributed by atoms with Crippen molar-refractivity contribution in [2.45, 2.75) is 5.79 Å². The van der Waals surface area contributed by atoms with Gasteiger partial charge in [0.1, 0.15) is 0 Å². The minimum atomic E-state index is -1.53. The second kappa shape index (κ2) is 2.87. The van der Waals surface area contributed by atoms with E-state index in [4.69, 9.17) is 11.1 Å². The van der Waals surface area contributed by atoms with E-state index in [2.05, 4.69) is 30.7 Å². The second-order valence-corrected chi connectivity index (χ2v) is 2.00. The van der Waals surface area contributed by atoms with Gasteiger partial charge in [0, 0.05) is 9.82 Å². The van der Waals surface area contributed by atoms with Gasteiger partial charge in [-0.2, -0.15) is 0 Å². The fraction of sp³-hybridized carbons (Fsp3) is 0.667. The largest absolute Gasteiger partial charge is 0.336 e. The van der Waals surface area contributed by atoms with Crippen LogP contribution >= 0.6 is 0 Å². The van der Waals surface area contributed by atoms with Gasteiger partial charge >= 0.3 is 6.03 Å². The molecule has 0 atom stereocenters. The molecule has 9 nitrogen and oxygen atoms in total. The summed E-state index contributed by atoms with van der Waals surface area (Å²) in [6.45, 7) is -0.0417. The van der Waals surface area contributed by atoms with Crippen molar-refractivity contribution in [3.05, 3.63) is 20.9 Å². The van der Waals surface area contributed by atoms with Crippen molar-refractivity contribution in [2.24, 2.45) is 10.2 Å². The predicted octanol–water partition coefficient (Wildman–Crippen LogP) is 0.574. The Bertz CT molecular complexity index is 277. The average molecular weight is 168 g/mol. The highest BCUT2D eigenvalue weighted by atomic mass is 16.2. The fourth-order valence-electron chi connectivity index (χ4n) is 0.762. The summed E-state index contributed by atoms with van der Waals surface area (Å²) in [5.74, 6) is -1.53. The van der Waals surface area contributed by atoms with E-state index in [-0.39, 0.29) is 6.54 Å². The van der Waals surface area contributed by atoms with E-state index in [9.17, 15) is 4.79 Å². The van der Waals surface area contributed by atoms with Crippen LogP contribution in [-0.4, -0.2) is 18.4 Å². The molecular formula is C3H4N8O. The Hall–Kier alpha value is -2.11. The number of carbonyl (C=O) groups is 1. The minimum absolute atomic E-state index is 0.0417. The van der Waals surface area contributed by atoms with Gasteiger partial charge in [0.2, 0.25) is 5.79 Å². The Morgan fingerprint density at radius 3 is 2.33 bits per heavy atom. The van der Waals surface area contributed by atoms with Crippen molar-refractivity contribution in [1.29, 1.82) is 0 Å². The van der Waals surface area contributed by atoms with E-state index in [1.807, 2.05) is 0 Å². The molecule has 1 fully saturated rings. The monoisotopic (exact) mass is 168 g/mol. The van der Waals surface area contributed by atoms with Crippen LogP contribution in [0.3, 0.4) is 0 Å². The standard InChI is InChI=1S/C3H4N8O/c4-10-8-3(9-11-5)1-6-2(12)7-3/h1H2,(H2,6,7,12). The molecule has 0 aliphatic carbocycles. The summed E-state index contributed by atoms with van der Waals surface area (Å²) in [7, 11) is 0. The Morgan fingerprint density at radius 2 is 2.00 bits per heavy atom. The number of rotatable bonds is 2. The van der Waals surface area contributed by atoms with Crippen molar-refractivity contribution in [3.8, 4) is 0 Å². The molecule has 0 spiro atoms. The van der Waals surface area contributed by atoms with Crippen LogP contribution in [0.25, 0.3) is 20.9 Å². The lowest BCUT2D eigenvalue weighted by Gasteiger charge is -2.12. The van der Waals surface area contributed by atoms with Gasteiger partial charge in [0.05, 0.1) is 6.54 Å². The molecule has 62 valence electrons. The molecule has 2 N–H and O–H groups in total. The van der Waals surface area contributed by atoms with Crippen LogP contribution in [0.5, 0.6) is 0 Å². The van der Waals surface area contributed by atoms with Gasteiger partial charge < -0.3 is 10.6 Å². The molecule has 0 bridgehead atoms. The molecule has 0 aromatic carbocycles. The molecule has 0 unspecified atom stereocenters. The van der Waals surface area contributed by atoms with Crippen molar-refractivity contribution in [3.63, 3.8) is 0 Å². The molecule has 0 saturated carbocycles. The van der Waals surface area contributed by atoms with Crippen molar-refractivity contribution < 1.29 is 4.79 Å². The van der Waals surface area contributed by atoms with Crippen LogP contribution < -0.4 is 10.6 Å². The zero-order valence-electron chi connectivity index (χ0n) is 5.80. The normalized spacial score (nSPS) is 26.2. The lowest BCUT2D eigenvalue weighted by molar-refractivity contribution is 0.245. The van der Waals surface area contributed by atoms with Gasteiger partial charge in [-0.25, -0.2) is 4.79 Å². The van der Waals surface area contributed by atoms with Gasteiger partial charge in [-0.3, -0.25) is 0 Å². The number of amides is 2. The maximum Gasteiger partial charge on any atom is 0.315 e. The molecule has 0 aromatic rings. The lowest BCUT2D eigenvalue weighted by atomic mass is 10.4. The SMILES string of the molecule is [N-]=[N+]=NC1(N=[N+]=[N-])CNC(=O)N1. The Labute approximate surface area is 66.0 Å². The average Bonchev–Trinajstić information content (AvgIpc) is 2.34. The third kappa shape index (κ3) is 1.31. The first-order valence-corrected chi connectivity index (χ1v) is 2.91. The molecule has 2 amide bonds. The van der Waals surface area contributed by atoms with Gasteiger partial charge in [-0.1, -0.05) is 10.2 Å². The summed E-state index contributed by atoms with van der Waals surface area (Å²) in [6, 6.07) is -0.533. The molecule has 1 heterocycles. The number of urea groups is 1. The minimum Gasteiger partial charge on any atom is -0.336 e. The first kappa shape index (κ1) is 7.99. The van der Waals surface area contributed by atoms with E-state index >= 15 is 0 Å². The maximum atomic E-state index is 10.6. The van der Waals surface area contributed by atoms with E-state index in [0.29, 0.717) is 0 Å². The zero-order chi connectivity index (χ0) is 9.03. The van der Waals surface area contributed by atoms with Gasteiger partial charge in [-0.05, 0) is 11.1 Å². The van der Waals surface area contributed by atoms with Crippen LogP contribution in [0, 0.1) is 0 Å². The smallest absolute Gasteiger partial charge is 0.315 e. The summed E-state index contributed by atoms with van der Waals surface area (Å²) in [6.07, 6.45) is 0. The fourth-order valence-corrected chi connectivity index (χ4v) is 0.762. The van der Waals surface area contributed by atoms with Crippen molar-refractivity contribution in [1.82, 2.24) is 10.6 Å². The van der Waals surface area contributed by atoms with Crippen LogP contribution in [0.1, 0.15) is 0 Å². The molecule has 12 heavy (non-hydrogen) atoms. The first-order valence-electron chi connectivity index (χ1n) is 2.91. The number of carbonyl (C=O) groups excluding carboxylic acids is 1. The van der Waals surface area contributed by atoms with E-state index in [1.54, 1.807) is 0 Å². The number of azide groups is 1. The first-order chi connectivity index (χ1) is 5.72. The third-order valence-electron chi connectivity index (χ3n) is 1.23. The summed E-state index contributed by atoms with van der Waals surface area (Å²) in [5, 5.41) is 10.8. The number of hydrogen-bond donors (Lipinski definition) is 2. The highest BCUT2D eigenvalue weighted by molar-refractivity contribution is 5.77. The molecule has 1 saturated heterocycles. The van der Waals surface area contributed by atoms with Crippen LogP contribution in [0.15, 0.2) is 10.2 Å². The van der Waals surface area contributed by atoms with Crippen LogP contribution in [-0.2, 0) is 0 Å². The topological polar surface area (TPSA) is 139 Å². The second-order valence-electron chi connectivity index (χ2n) is 2.00. The van der Waals surface area contributed by atoms with E-state index in [0.717, 1.165) is 0 Å². The quantitative estimate of drug-likeness (QED) is 0.347. The van der Waals surface area contributed by atoms with Gasteiger partial charge in [0.25, 0.3) is 0 Å². The molecule has 0 radical (unpaired) electrons. The maximum absolute atomic E-state index is 10.6. The highest BCUT2D eigenvalue weighted by Gasteiger charge is 2.35. The molecule has 9 heteroatoms. The van der Waals surface area contributed by atoms with Gasteiger partial charge in [0.15, 0.2) is 0 Å². The van der Waals surface area contributed by atoms with Crippen LogP contribution in [0.2, 0.25) is 0 Å². The predicted molar refractivity (Wildman–Crippen MR) is 37.6 cm³/mol. The summed E-state index contributed by atoms with van der Waals surface area (Å²) < 4.78 is 0. The molecule has 0 aromatic heterocycles. The molecule has 1 aliphatic heterocycles. The van der Waals surface area contributed by atoms with Crippen molar-refractivity contribution >= 4 is 6.03 Å². The molecule has 1 rings (SSSR count). The molecular weight excluding hydrogens is 164 g/mol. The summed E-state index contributed by atoms with van der Waals surface area (Å²) in [5.41, 5.74) is 16.2. The Morgan fingerprint density at radius 1 is 1.42 bits per heavy atom. The number of nitrogens with one attached hydrogen (secondary N) is 2. The van der Waals surface area contributed by atoms with Crippen LogP contribution in [0.4, 0.5) is 4.79 Å². The summed E-state index contributed by atoms with van der Waals surface area (Å²) >= 11 is 0. The van der Waals surface area contributed by atoms with Crippen molar-refractivity contribution in [2.75, 3.05) is 6.54 Å². The number of hydrogen-bond acceptors (Lipinski definition) is 3. The van der Waals surface area contributed by atoms with E-state index < -0.39 is 11.8 Å². The van der Waals surface area contributed by atoms with Gasteiger partial charge in [-0.15, -0.1) is 0 Å². The Kier molecular flexibility index (Phi) is 1.91. The Balaban J connectivity index is 2.95. The third-order valence-corrected chi connectivity index (χ3v) is 1.23. The lowest BCUT2D eigenvalue weighted by Crippen LogP contribution is -2.38. The van der Waals surface area contributed by atoms with E-state index in [1.165, 1.54) is 0 Å². The summed E-state index contributed by atoms with van der Waals surface area (Å²) in [4.78, 5) is 15.5.